The quantitative estimate of drug-likeness (QED) is 0.844. The Balaban J connectivity index is 1.79. The molecule has 0 unspecified atom stereocenters. The van der Waals surface area contributed by atoms with Crippen LogP contribution in [0.3, 0.4) is 0 Å². The van der Waals surface area contributed by atoms with Crippen LogP contribution in [0.4, 0.5) is 5.69 Å². The number of benzene rings is 2. The molecule has 2 aromatic rings. The smallest absolute Gasteiger partial charge is 0.101 e. The van der Waals surface area contributed by atoms with Crippen molar-refractivity contribution in [2.45, 2.75) is 25.0 Å². The van der Waals surface area contributed by atoms with E-state index < -0.39 is 0 Å². The average molecular weight is 294 g/mol. The van der Waals surface area contributed by atoms with Gasteiger partial charge >= 0.3 is 0 Å². The average Bonchev–Trinajstić information content (AvgIpc) is 2.85. The molecule has 1 fully saturated rings. The van der Waals surface area contributed by atoms with Crippen LogP contribution in [0.15, 0.2) is 48.5 Å². The summed E-state index contributed by atoms with van der Waals surface area (Å²) in [6.07, 6.45) is 2.28. The number of para-hydroxylation sites is 1. The lowest BCUT2D eigenvalue weighted by molar-refractivity contribution is 0.0649. The maximum absolute atomic E-state index is 6.33. The minimum absolute atomic E-state index is 0.249. The van der Waals surface area contributed by atoms with E-state index in [-0.39, 0.29) is 6.10 Å². The molecule has 0 N–H and O–H groups in total. The summed E-state index contributed by atoms with van der Waals surface area (Å²) < 4.78 is 0. The Morgan fingerprint density at radius 2 is 1.77 bits per heavy atom. The molecule has 114 valence electrons. The van der Waals surface area contributed by atoms with E-state index in [0.717, 1.165) is 19.4 Å². The Hall–Kier alpha value is -1.84. The fourth-order valence-electron chi connectivity index (χ4n) is 3.72. The van der Waals surface area contributed by atoms with E-state index >= 15 is 0 Å². The van der Waals surface area contributed by atoms with Gasteiger partial charge in [-0.25, -0.2) is 5.06 Å². The highest BCUT2D eigenvalue weighted by molar-refractivity contribution is 5.59. The minimum atomic E-state index is 0.249. The van der Waals surface area contributed by atoms with Crippen LogP contribution in [0, 0.1) is 0 Å². The molecule has 3 nitrogen and oxygen atoms in total. The van der Waals surface area contributed by atoms with Crippen molar-refractivity contribution in [1.29, 1.82) is 0 Å². The van der Waals surface area contributed by atoms with E-state index in [0.29, 0.717) is 6.04 Å². The molecule has 2 atom stereocenters. The number of hydrogen-bond acceptors (Lipinski definition) is 3. The molecule has 0 saturated carbocycles. The zero-order chi connectivity index (χ0) is 15.1. The number of nitrogens with zero attached hydrogens (tertiary/aromatic N) is 2. The van der Waals surface area contributed by atoms with Crippen molar-refractivity contribution in [2.75, 3.05) is 25.7 Å². The van der Waals surface area contributed by atoms with E-state index in [1.165, 1.54) is 22.4 Å². The van der Waals surface area contributed by atoms with Crippen molar-refractivity contribution in [2.24, 2.45) is 0 Å². The number of likely N-dealkylation sites (N-methyl/N-ethyl adjacent to an activating group) is 1. The molecule has 2 aliphatic heterocycles. The van der Waals surface area contributed by atoms with Crippen molar-refractivity contribution in [3.8, 4) is 0 Å². The lowest BCUT2D eigenvalue weighted by Gasteiger charge is -2.25. The number of fused-ring (bicyclic) bond motifs is 5. The number of hydroxylamine groups is 1. The standard InChI is InChI=1S/C19H22N2O/c1-20(2)13-16-12-19-17-9-5-3-7-14(17)11-15-8-4-6-10-18(15)21(19)22-16/h3-10,16,19H,11-13H2,1-2H3/t16-,19-/m1/s1. The Labute approximate surface area is 132 Å². The normalized spacial score (nSPS) is 23.0. The highest BCUT2D eigenvalue weighted by Gasteiger charge is 2.38. The van der Waals surface area contributed by atoms with E-state index in [4.69, 9.17) is 4.84 Å². The Kier molecular flexibility index (Phi) is 3.40. The Morgan fingerprint density at radius 1 is 1.05 bits per heavy atom. The van der Waals surface area contributed by atoms with Crippen LogP contribution in [-0.2, 0) is 11.3 Å². The third kappa shape index (κ3) is 2.31. The van der Waals surface area contributed by atoms with Gasteiger partial charge in [-0.1, -0.05) is 42.5 Å². The summed E-state index contributed by atoms with van der Waals surface area (Å²) in [4.78, 5) is 8.53. The molecule has 2 aromatic carbocycles. The summed E-state index contributed by atoms with van der Waals surface area (Å²) in [7, 11) is 4.21. The van der Waals surface area contributed by atoms with Crippen LogP contribution >= 0.6 is 0 Å². The van der Waals surface area contributed by atoms with Gasteiger partial charge in [-0.05, 0) is 43.3 Å². The second-order valence-corrected chi connectivity index (χ2v) is 6.57. The molecular formula is C19H22N2O. The summed E-state index contributed by atoms with van der Waals surface area (Å²) in [5, 5.41) is 2.16. The van der Waals surface area contributed by atoms with Crippen molar-refractivity contribution in [3.63, 3.8) is 0 Å². The van der Waals surface area contributed by atoms with Gasteiger partial charge in [0.1, 0.15) is 6.10 Å². The Bertz CT molecular complexity index is 629. The van der Waals surface area contributed by atoms with Crippen LogP contribution in [0.25, 0.3) is 0 Å². The summed E-state index contributed by atoms with van der Waals surface area (Å²) in [6, 6.07) is 17.8. The van der Waals surface area contributed by atoms with Crippen molar-refractivity contribution in [1.82, 2.24) is 4.90 Å². The van der Waals surface area contributed by atoms with E-state index in [2.05, 4.69) is 72.6 Å². The fraction of sp³-hybridized carbons (Fsp3) is 0.368. The molecule has 2 heterocycles. The highest BCUT2D eigenvalue weighted by atomic mass is 16.7. The molecule has 4 rings (SSSR count). The minimum Gasteiger partial charge on any atom is -0.307 e. The van der Waals surface area contributed by atoms with Crippen LogP contribution in [0.2, 0.25) is 0 Å². The molecule has 0 amide bonds. The Morgan fingerprint density at radius 3 is 2.59 bits per heavy atom. The topological polar surface area (TPSA) is 15.7 Å². The molecule has 22 heavy (non-hydrogen) atoms. The second kappa shape index (κ2) is 5.41. The van der Waals surface area contributed by atoms with E-state index in [9.17, 15) is 0 Å². The highest BCUT2D eigenvalue weighted by Crippen LogP contribution is 2.44. The molecule has 0 aromatic heterocycles. The van der Waals surface area contributed by atoms with Gasteiger partial charge in [0.2, 0.25) is 0 Å². The van der Waals surface area contributed by atoms with E-state index in [1.54, 1.807) is 0 Å². The lowest BCUT2D eigenvalue weighted by atomic mass is 9.95. The summed E-state index contributed by atoms with van der Waals surface area (Å²) in [5.41, 5.74) is 5.42. The molecule has 2 aliphatic rings. The first-order valence-corrected chi connectivity index (χ1v) is 7.99. The molecule has 3 heteroatoms. The van der Waals surface area contributed by atoms with Gasteiger partial charge in [0.15, 0.2) is 0 Å². The van der Waals surface area contributed by atoms with Gasteiger partial charge in [-0.15, -0.1) is 0 Å². The molecule has 1 saturated heterocycles. The molecule has 0 aliphatic carbocycles. The summed E-state index contributed by atoms with van der Waals surface area (Å²) in [6.45, 7) is 0.956. The number of rotatable bonds is 2. The van der Waals surface area contributed by atoms with Crippen molar-refractivity contribution < 1.29 is 4.84 Å². The summed E-state index contributed by atoms with van der Waals surface area (Å²) in [5.74, 6) is 0. The van der Waals surface area contributed by atoms with Crippen molar-refractivity contribution >= 4 is 5.69 Å². The second-order valence-electron chi connectivity index (χ2n) is 6.57. The van der Waals surface area contributed by atoms with Gasteiger partial charge in [-0.2, -0.15) is 0 Å². The van der Waals surface area contributed by atoms with Crippen LogP contribution in [0.5, 0.6) is 0 Å². The first-order chi connectivity index (χ1) is 10.7. The zero-order valence-corrected chi connectivity index (χ0v) is 13.2. The lowest BCUT2D eigenvalue weighted by Crippen LogP contribution is -2.27. The van der Waals surface area contributed by atoms with Gasteiger partial charge in [0.25, 0.3) is 0 Å². The van der Waals surface area contributed by atoms with Gasteiger partial charge in [0.05, 0.1) is 11.7 Å². The van der Waals surface area contributed by atoms with Crippen molar-refractivity contribution in [3.05, 3.63) is 65.2 Å². The van der Waals surface area contributed by atoms with Crippen LogP contribution < -0.4 is 5.06 Å². The molecule has 0 bridgehead atoms. The zero-order valence-electron chi connectivity index (χ0n) is 13.2. The molecule has 0 radical (unpaired) electrons. The first kappa shape index (κ1) is 13.8. The summed E-state index contributed by atoms with van der Waals surface area (Å²) >= 11 is 0. The SMILES string of the molecule is CN(C)C[C@H]1C[C@@H]2c3ccccc3Cc3ccccc3N2O1. The largest absolute Gasteiger partial charge is 0.307 e. The van der Waals surface area contributed by atoms with Gasteiger partial charge in [0, 0.05) is 13.0 Å². The number of anilines is 1. The predicted octanol–water partition coefficient (Wildman–Crippen LogP) is 3.40. The van der Waals surface area contributed by atoms with Gasteiger partial charge < -0.3 is 4.90 Å². The monoisotopic (exact) mass is 294 g/mol. The molecule has 0 spiro atoms. The third-order valence-corrected chi connectivity index (χ3v) is 4.62. The first-order valence-electron chi connectivity index (χ1n) is 7.99. The van der Waals surface area contributed by atoms with Crippen LogP contribution in [-0.4, -0.2) is 31.6 Å². The van der Waals surface area contributed by atoms with Gasteiger partial charge in [-0.3, -0.25) is 4.84 Å². The predicted molar refractivity (Wildman–Crippen MR) is 89.0 cm³/mol. The third-order valence-electron chi connectivity index (χ3n) is 4.62. The fourth-order valence-corrected chi connectivity index (χ4v) is 3.72. The maximum Gasteiger partial charge on any atom is 0.101 e. The van der Waals surface area contributed by atoms with Crippen LogP contribution in [0.1, 0.15) is 29.2 Å². The molecular weight excluding hydrogens is 272 g/mol. The number of hydrogen-bond donors (Lipinski definition) is 0. The maximum atomic E-state index is 6.33. The van der Waals surface area contributed by atoms with E-state index in [1.807, 2.05) is 0 Å².